The number of hydrogen-bond acceptors (Lipinski definition) is 3. The van der Waals surface area contributed by atoms with Gasteiger partial charge in [-0.05, 0) is 44.5 Å². The monoisotopic (exact) mass is 209 g/mol. The minimum atomic E-state index is -0.428. The number of aromatic nitrogens is 1. The number of hydrogen-bond donors (Lipinski definition) is 2. The van der Waals surface area contributed by atoms with Crippen LogP contribution in [0, 0.1) is 5.95 Å². The second-order valence-corrected chi connectivity index (χ2v) is 3.89. The van der Waals surface area contributed by atoms with E-state index in [1.54, 1.807) is 12.3 Å². The maximum atomic E-state index is 12.6. The standard InChI is InChI=1S/C11H16FN3/c12-11-4-3-10(8-14-11)15-9-2-1-6-13-7-5-9/h3-4,8-9,13,15H,1-2,5-7H2. The molecular weight excluding hydrogens is 193 g/mol. The van der Waals surface area contributed by atoms with Gasteiger partial charge in [0.05, 0.1) is 11.9 Å². The van der Waals surface area contributed by atoms with Gasteiger partial charge in [0.15, 0.2) is 0 Å². The first-order valence-electron chi connectivity index (χ1n) is 5.43. The van der Waals surface area contributed by atoms with Crippen LogP contribution in [0.4, 0.5) is 10.1 Å². The second-order valence-electron chi connectivity index (χ2n) is 3.89. The Labute approximate surface area is 89.1 Å². The van der Waals surface area contributed by atoms with Gasteiger partial charge in [0.25, 0.3) is 0 Å². The average molecular weight is 209 g/mol. The second kappa shape index (κ2) is 5.07. The van der Waals surface area contributed by atoms with Crippen LogP contribution in [0.2, 0.25) is 0 Å². The lowest BCUT2D eigenvalue weighted by molar-refractivity contribution is 0.583. The lowest BCUT2D eigenvalue weighted by atomic mass is 10.1. The smallest absolute Gasteiger partial charge is 0.212 e. The minimum absolute atomic E-state index is 0.428. The highest BCUT2D eigenvalue weighted by Crippen LogP contribution is 2.13. The molecule has 1 saturated heterocycles. The maximum absolute atomic E-state index is 12.6. The van der Waals surface area contributed by atoms with Crippen molar-refractivity contribution in [3.05, 3.63) is 24.3 Å². The number of nitrogens with zero attached hydrogens (tertiary/aromatic N) is 1. The normalized spacial score (nSPS) is 22.1. The highest BCUT2D eigenvalue weighted by molar-refractivity contribution is 5.40. The molecule has 82 valence electrons. The molecule has 0 saturated carbocycles. The van der Waals surface area contributed by atoms with Crippen molar-refractivity contribution >= 4 is 5.69 Å². The Morgan fingerprint density at radius 2 is 2.27 bits per heavy atom. The van der Waals surface area contributed by atoms with Gasteiger partial charge in [-0.1, -0.05) is 0 Å². The largest absolute Gasteiger partial charge is 0.381 e. The van der Waals surface area contributed by atoms with Crippen molar-refractivity contribution in [1.29, 1.82) is 0 Å². The average Bonchev–Trinajstić information content (AvgIpc) is 2.50. The lowest BCUT2D eigenvalue weighted by Gasteiger charge is -2.16. The molecule has 2 N–H and O–H groups in total. The number of pyridine rings is 1. The van der Waals surface area contributed by atoms with Crippen LogP contribution in [-0.2, 0) is 0 Å². The molecule has 0 bridgehead atoms. The molecule has 15 heavy (non-hydrogen) atoms. The van der Waals surface area contributed by atoms with Crippen molar-refractivity contribution in [1.82, 2.24) is 10.3 Å². The van der Waals surface area contributed by atoms with E-state index < -0.39 is 5.95 Å². The van der Waals surface area contributed by atoms with Crippen LogP contribution in [0.15, 0.2) is 18.3 Å². The van der Waals surface area contributed by atoms with Gasteiger partial charge in [-0.15, -0.1) is 0 Å². The molecule has 1 aliphatic heterocycles. The van der Waals surface area contributed by atoms with E-state index in [-0.39, 0.29) is 0 Å². The fourth-order valence-electron chi connectivity index (χ4n) is 1.86. The van der Waals surface area contributed by atoms with E-state index in [1.165, 1.54) is 12.5 Å². The van der Waals surface area contributed by atoms with Crippen molar-refractivity contribution in [2.75, 3.05) is 18.4 Å². The number of rotatable bonds is 2. The van der Waals surface area contributed by atoms with E-state index in [1.807, 2.05) is 0 Å². The highest BCUT2D eigenvalue weighted by Gasteiger charge is 2.11. The zero-order chi connectivity index (χ0) is 10.5. The number of nitrogens with one attached hydrogen (secondary N) is 2. The van der Waals surface area contributed by atoms with Crippen molar-refractivity contribution in [2.24, 2.45) is 0 Å². The van der Waals surface area contributed by atoms with Crippen LogP contribution < -0.4 is 10.6 Å². The summed E-state index contributed by atoms with van der Waals surface area (Å²) in [6, 6.07) is 3.60. The Morgan fingerprint density at radius 1 is 1.33 bits per heavy atom. The van der Waals surface area contributed by atoms with E-state index in [0.29, 0.717) is 6.04 Å². The van der Waals surface area contributed by atoms with Crippen LogP contribution >= 0.6 is 0 Å². The molecule has 1 aromatic heterocycles. The molecule has 0 spiro atoms. The van der Waals surface area contributed by atoms with Gasteiger partial charge in [0.2, 0.25) is 5.95 Å². The van der Waals surface area contributed by atoms with Crippen molar-refractivity contribution in [2.45, 2.75) is 25.3 Å². The third-order valence-electron chi connectivity index (χ3n) is 2.67. The Balaban J connectivity index is 1.92. The summed E-state index contributed by atoms with van der Waals surface area (Å²) in [6.07, 6.45) is 5.00. The van der Waals surface area contributed by atoms with Gasteiger partial charge in [-0.2, -0.15) is 4.39 Å². The Hall–Kier alpha value is -1.16. The summed E-state index contributed by atoms with van der Waals surface area (Å²) in [5.41, 5.74) is 0.906. The van der Waals surface area contributed by atoms with Crippen LogP contribution in [0.3, 0.4) is 0 Å². The third kappa shape index (κ3) is 3.16. The van der Waals surface area contributed by atoms with E-state index in [9.17, 15) is 4.39 Å². The molecule has 1 atom stereocenters. The zero-order valence-corrected chi connectivity index (χ0v) is 8.67. The van der Waals surface area contributed by atoms with E-state index in [4.69, 9.17) is 0 Å². The maximum Gasteiger partial charge on any atom is 0.212 e. The minimum Gasteiger partial charge on any atom is -0.381 e. The van der Waals surface area contributed by atoms with Crippen LogP contribution in [0.1, 0.15) is 19.3 Å². The first kappa shape index (κ1) is 10.4. The Kier molecular flexibility index (Phi) is 3.50. The molecule has 0 amide bonds. The molecule has 0 radical (unpaired) electrons. The van der Waals surface area contributed by atoms with Gasteiger partial charge in [0, 0.05) is 6.04 Å². The summed E-state index contributed by atoms with van der Waals surface area (Å²) in [7, 11) is 0. The fraction of sp³-hybridized carbons (Fsp3) is 0.545. The molecule has 1 fully saturated rings. The molecule has 4 heteroatoms. The van der Waals surface area contributed by atoms with Crippen molar-refractivity contribution in [3.8, 4) is 0 Å². The quantitative estimate of drug-likeness (QED) is 0.729. The molecule has 2 rings (SSSR count). The molecule has 1 unspecified atom stereocenters. The van der Waals surface area contributed by atoms with E-state index in [0.717, 1.165) is 31.6 Å². The number of anilines is 1. The van der Waals surface area contributed by atoms with Gasteiger partial charge >= 0.3 is 0 Å². The van der Waals surface area contributed by atoms with Crippen molar-refractivity contribution in [3.63, 3.8) is 0 Å². The molecule has 2 heterocycles. The van der Waals surface area contributed by atoms with Gasteiger partial charge < -0.3 is 10.6 Å². The van der Waals surface area contributed by atoms with Gasteiger partial charge in [-0.25, -0.2) is 4.98 Å². The molecule has 1 aromatic rings. The number of halogens is 1. The summed E-state index contributed by atoms with van der Waals surface area (Å²) in [5, 5.41) is 6.74. The summed E-state index contributed by atoms with van der Waals surface area (Å²) in [5.74, 6) is -0.428. The van der Waals surface area contributed by atoms with Crippen LogP contribution in [-0.4, -0.2) is 24.1 Å². The van der Waals surface area contributed by atoms with Crippen LogP contribution in [0.25, 0.3) is 0 Å². The van der Waals surface area contributed by atoms with E-state index in [2.05, 4.69) is 15.6 Å². The molecular formula is C11H16FN3. The van der Waals surface area contributed by atoms with Crippen LogP contribution in [0.5, 0.6) is 0 Å². The predicted molar refractivity (Wildman–Crippen MR) is 58.3 cm³/mol. The summed E-state index contributed by atoms with van der Waals surface area (Å²) >= 11 is 0. The van der Waals surface area contributed by atoms with Crippen molar-refractivity contribution < 1.29 is 4.39 Å². The first-order chi connectivity index (χ1) is 7.34. The SMILES string of the molecule is Fc1ccc(NC2CCCNCC2)cn1. The Morgan fingerprint density at radius 3 is 3.07 bits per heavy atom. The van der Waals surface area contributed by atoms with Gasteiger partial charge in [-0.3, -0.25) is 0 Å². The molecule has 0 aliphatic carbocycles. The fourth-order valence-corrected chi connectivity index (χ4v) is 1.86. The van der Waals surface area contributed by atoms with Gasteiger partial charge in [0.1, 0.15) is 0 Å². The molecule has 3 nitrogen and oxygen atoms in total. The highest BCUT2D eigenvalue weighted by atomic mass is 19.1. The first-order valence-corrected chi connectivity index (χ1v) is 5.43. The predicted octanol–water partition coefficient (Wildman–Crippen LogP) is 1.77. The Bertz CT molecular complexity index is 291. The third-order valence-corrected chi connectivity index (χ3v) is 2.67. The zero-order valence-electron chi connectivity index (χ0n) is 8.67. The summed E-state index contributed by atoms with van der Waals surface area (Å²) in [4.78, 5) is 3.62. The lowest BCUT2D eigenvalue weighted by Crippen LogP contribution is -2.21. The summed E-state index contributed by atoms with van der Waals surface area (Å²) < 4.78 is 12.6. The topological polar surface area (TPSA) is 37.0 Å². The summed E-state index contributed by atoms with van der Waals surface area (Å²) in [6.45, 7) is 2.14. The van der Waals surface area contributed by atoms with E-state index >= 15 is 0 Å². The molecule has 0 aromatic carbocycles. The molecule has 1 aliphatic rings.